The van der Waals surface area contributed by atoms with Crippen molar-refractivity contribution in [2.45, 2.75) is 17.7 Å². The molecule has 0 atom stereocenters. The number of nitrogens with one attached hydrogen (secondary N) is 1. The van der Waals surface area contributed by atoms with Gasteiger partial charge in [-0.3, -0.25) is 4.79 Å². The molecule has 0 radical (unpaired) electrons. The van der Waals surface area contributed by atoms with Gasteiger partial charge in [0.05, 0.1) is 16.3 Å². The first kappa shape index (κ1) is 14.8. The second-order valence-corrected chi connectivity index (χ2v) is 6.29. The lowest BCUT2D eigenvalue weighted by Gasteiger charge is -2.07. The highest BCUT2D eigenvalue weighted by Gasteiger charge is 2.17. The topological polar surface area (TPSA) is 89.3 Å². The van der Waals surface area contributed by atoms with Crippen LogP contribution in [0.2, 0.25) is 5.02 Å². The highest BCUT2D eigenvalue weighted by atomic mass is 35.5. The van der Waals surface area contributed by atoms with Gasteiger partial charge in [0.1, 0.15) is 0 Å². The number of sulfone groups is 1. The molecule has 0 bridgehead atoms. The number of nitrogens with two attached hydrogens (primary N) is 1. The molecule has 0 saturated carbocycles. The molecule has 0 heterocycles. The molecule has 1 aromatic rings. The number of amides is 1. The molecule has 0 aliphatic rings. The molecule has 0 aliphatic heterocycles. The summed E-state index contributed by atoms with van der Waals surface area (Å²) in [6, 6.07) is 4.25. The van der Waals surface area contributed by atoms with Gasteiger partial charge in [-0.15, -0.1) is 0 Å². The minimum absolute atomic E-state index is 0.0591. The molecule has 5 nitrogen and oxygen atoms in total. The van der Waals surface area contributed by atoms with Crippen LogP contribution in [0.15, 0.2) is 23.1 Å². The van der Waals surface area contributed by atoms with Gasteiger partial charge in [0.15, 0.2) is 9.84 Å². The molecule has 0 saturated heterocycles. The van der Waals surface area contributed by atoms with E-state index >= 15 is 0 Å². The van der Waals surface area contributed by atoms with Gasteiger partial charge < -0.3 is 11.1 Å². The van der Waals surface area contributed by atoms with Gasteiger partial charge in [0.25, 0.3) is 0 Å². The van der Waals surface area contributed by atoms with E-state index in [0.29, 0.717) is 5.02 Å². The van der Waals surface area contributed by atoms with Crippen LogP contribution in [0.25, 0.3) is 0 Å². The standard InChI is InChI=1S/C11H15ClN2O3S/c1-14-11(15)3-2-6-18(16,17)10-5-4-8(12)7-9(10)13/h4-5,7H,2-3,6,13H2,1H3,(H,14,15). The number of hydrogen-bond acceptors (Lipinski definition) is 4. The number of anilines is 1. The summed E-state index contributed by atoms with van der Waals surface area (Å²) in [4.78, 5) is 11.1. The van der Waals surface area contributed by atoms with Crippen molar-refractivity contribution in [3.63, 3.8) is 0 Å². The van der Waals surface area contributed by atoms with Gasteiger partial charge in [-0.2, -0.15) is 0 Å². The molecule has 0 fully saturated rings. The Labute approximate surface area is 111 Å². The molecule has 0 aliphatic carbocycles. The van der Waals surface area contributed by atoms with Crippen molar-refractivity contribution in [3.8, 4) is 0 Å². The summed E-state index contributed by atoms with van der Waals surface area (Å²) < 4.78 is 24.0. The number of halogens is 1. The van der Waals surface area contributed by atoms with E-state index in [9.17, 15) is 13.2 Å². The summed E-state index contributed by atoms with van der Waals surface area (Å²) >= 11 is 5.70. The van der Waals surface area contributed by atoms with Crippen LogP contribution >= 0.6 is 11.6 Å². The van der Waals surface area contributed by atoms with Crippen molar-refractivity contribution in [2.75, 3.05) is 18.5 Å². The Morgan fingerprint density at radius 3 is 2.67 bits per heavy atom. The zero-order valence-electron chi connectivity index (χ0n) is 9.94. The monoisotopic (exact) mass is 290 g/mol. The van der Waals surface area contributed by atoms with E-state index in [1.54, 1.807) is 0 Å². The molecule has 18 heavy (non-hydrogen) atoms. The number of nitrogen functional groups attached to an aromatic ring is 1. The van der Waals surface area contributed by atoms with Gasteiger partial charge in [-0.25, -0.2) is 8.42 Å². The van der Waals surface area contributed by atoms with Crippen LogP contribution < -0.4 is 11.1 Å². The number of rotatable bonds is 5. The van der Waals surface area contributed by atoms with E-state index in [1.165, 1.54) is 25.2 Å². The second-order valence-electron chi connectivity index (χ2n) is 3.78. The van der Waals surface area contributed by atoms with Crippen molar-refractivity contribution < 1.29 is 13.2 Å². The average molecular weight is 291 g/mol. The Balaban J connectivity index is 2.77. The molecule has 1 aromatic carbocycles. The van der Waals surface area contributed by atoms with Crippen LogP contribution in [0.1, 0.15) is 12.8 Å². The Kier molecular flexibility index (Phi) is 4.98. The van der Waals surface area contributed by atoms with Crippen LogP contribution in [-0.2, 0) is 14.6 Å². The molecule has 3 N–H and O–H groups in total. The van der Waals surface area contributed by atoms with Crippen LogP contribution in [0.3, 0.4) is 0 Å². The smallest absolute Gasteiger partial charge is 0.219 e. The van der Waals surface area contributed by atoms with E-state index < -0.39 is 9.84 Å². The third-order valence-electron chi connectivity index (χ3n) is 2.40. The van der Waals surface area contributed by atoms with Crippen molar-refractivity contribution in [1.82, 2.24) is 5.32 Å². The Morgan fingerprint density at radius 1 is 1.44 bits per heavy atom. The average Bonchev–Trinajstić information content (AvgIpc) is 2.27. The van der Waals surface area contributed by atoms with Crippen LogP contribution in [0.4, 0.5) is 5.69 Å². The molecule has 0 aromatic heterocycles. The first-order valence-corrected chi connectivity index (χ1v) is 7.38. The molecule has 1 rings (SSSR count). The maximum Gasteiger partial charge on any atom is 0.219 e. The normalized spacial score (nSPS) is 11.2. The van der Waals surface area contributed by atoms with Gasteiger partial charge >= 0.3 is 0 Å². The summed E-state index contributed by atoms with van der Waals surface area (Å²) in [6.07, 6.45) is 0.424. The van der Waals surface area contributed by atoms with Gasteiger partial charge in [-0.05, 0) is 24.6 Å². The van der Waals surface area contributed by atoms with Crippen molar-refractivity contribution in [3.05, 3.63) is 23.2 Å². The zero-order valence-corrected chi connectivity index (χ0v) is 11.5. The molecular formula is C11H15ClN2O3S. The Morgan fingerprint density at radius 2 is 2.11 bits per heavy atom. The predicted octanol–water partition coefficient (Wildman–Crippen LogP) is 1.22. The third-order valence-corrected chi connectivity index (χ3v) is 4.51. The predicted molar refractivity (Wildman–Crippen MR) is 71.2 cm³/mol. The fourth-order valence-electron chi connectivity index (χ4n) is 1.46. The molecule has 7 heteroatoms. The fourth-order valence-corrected chi connectivity index (χ4v) is 3.08. The van der Waals surface area contributed by atoms with Crippen molar-refractivity contribution >= 4 is 33.0 Å². The van der Waals surface area contributed by atoms with Gasteiger partial charge in [-0.1, -0.05) is 11.6 Å². The molecular weight excluding hydrogens is 276 g/mol. The van der Waals surface area contributed by atoms with Gasteiger partial charge in [0.2, 0.25) is 5.91 Å². The summed E-state index contributed by atoms with van der Waals surface area (Å²) in [7, 11) is -1.97. The van der Waals surface area contributed by atoms with E-state index in [0.717, 1.165) is 0 Å². The maximum atomic E-state index is 12.0. The van der Waals surface area contributed by atoms with E-state index in [4.69, 9.17) is 17.3 Å². The Bertz CT molecular complexity index is 543. The van der Waals surface area contributed by atoms with E-state index in [1.807, 2.05) is 0 Å². The number of carbonyl (C=O) groups excluding carboxylic acids is 1. The first-order valence-electron chi connectivity index (χ1n) is 5.35. The lowest BCUT2D eigenvalue weighted by molar-refractivity contribution is -0.120. The summed E-state index contributed by atoms with van der Waals surface area (Å²) in [5.74, 6) is -0.305. The van der Waals surface area contributed by atoms with Crippen molar-refractivity contribution in [1.29, 1.82) is 0 Å². The minimum Gasteiger partial charge on any atom is -0.398 e. The van der Waals surface area contributed by atoms with Crippen molar-refractivity contribution in [2.24, 2.45) is 0 Å². The second kappa shape index (κ2) is 6.06. The Hall–Kier alpha value is -1.27. The van der Waals surface area contributed by atoms with Crippen LogP contribution in [-0.4, -0.2) is 27.1 Å². The van der Waals surface area contributed by atoms with Gasteiger partial charge in [0, 0.05) is 18.5 Å². The van der Waals surface area contributed by atoms with E-state index in [2.05, 4.69) is 5.32 Å². The number of hydrogen-bond donors (Lipinski definition) is 2. The highest BCUT2D eigenvalue weighted by molar-refractivity contribution is 7.91. The number of carbonyl (C=O) groups is 1. The fraction of sp³-hybridized carbons (Fsp3) is 0.364. The van der Waals surface area contributed by atoms with E-state index in [-0.39, 0.29) is 35.1 Å². The maximum absolute atomic E-state index is 12.0. The molecule has 1 amide bonds. The lowest BCUT2D eigenvalue weighted by atomic mass is 10.3. The lowest BCUT2D eigenvalue weighted by Crippen LogP contribution is -2.19. The van der Waals surface area contributed by atoms with Crippen LogP contribution in [0.5, 0.6) is 0 Å². The summed E-state index contributed by atoms with van der Waals surface area (Å²) in [5.41, 5.74) is 5.75. The molecule has 0 unspecified atom stereocenters. The molecule has 0 spiro atoms. The SMILES string of the molecule is CNC(=O)CCCS(=O)(=O)c1ccc(Cl)cc1N. The largest absolute Gasteiger partial charge is 0.398 e. The summed E-state index contributed by atoms with van der Waals surface area (Å²) in [5, 5.41) is 2.82. The minimum atomic E-state index is -3.48. The van der Waals surface area contributed by atoms with Crippen LogP contribution in [0, 0.1) is 0 Å². The highest BCUT2D eigenvalue weighted by Crippen LogP contribution is 2.23. The zero-order chi connectivity index (χ0) is 13.8. The number of benzene rings is 1. The quantitative estimate of drug-likeness (QED) is 0.798. The summed E-state index contributed by atoms with van der Waals surface area (Å²) in [6.45, 7) is 0. The first-order chi connectivity index (χ1) is 8.36. The third kappa shape index (κ3) is 3.89. The molecule has 100 valence electrons.